The third-order valence-electron chi connectivity index (χ3n) is 9.60. The molecule has 0 aromatic heterocycles. The van der Waals surface area contributed by atoms with Crippen LogP contribution in [-0.4, -0.2) is 36.4 Å². The van der Waals surface area contributed by atoms with Crippen molar-refractivity contribution in [3.05, 3.63) is 48.6 Å². The Morgan fingerprint density at radius 3 is 1.23 bits per heavy atom. The second-order valence-electron chi connectivity index (χ2n) is 14.8. The monoisotopic (exact) mass is 729 g/mol. The molecule has 0 saturated carbocycles. The molecule has 5 heteroatoms. The number of unbranched alkanes of at least 4 members (excludes halogenated alkanes) is 24. The van der Waals surface area contributed by atoms with Crippen LogP contribution in [0.3, 0.4) is 0 Å². The number of hydrogen-bond acceptors (Lipinski definition) is 5. The molecule has 0 saturated heterocycles. The van der Waals surface area contributed by atoms with Crippen LogP contribution >= 0.6 is 0 Å². The van der Waals surface area contributed by atoms with Crippen LogP contribution in [0.2, 0.25) is 0 Å². The van der Waals surface area contributed by atoms with E-state index < -0.39 is 6.10 Å². The van der Waals surface area contributed by atoms with Gasteiger partial charge in [0.2, 0.25) is 0 Å². The quantitative estimate of drug-likeness (QED) is 0.0386. The van der Waals surface area contributed by atoms with Gasteiger partial charge in [-0.25, -0.2) is 0 Å². The van der Waals surface area contributed by atoms with E-state index in [0.717, 1.165) is 38.5 Å². The van der Waals surface area contributed by atoms with Gasteiger partial charge in [0.05, 0.1) is 6.61 Å². The molecule has 0 heterocycles. The van der Waals surface area contributed by atoms with Crippen molar-refractivity contribution in [3.8, 4) is 0 Å². The lowest BCUT2D eigenvalue weighted by Crippen LogP contribution is -2.28. The van der Waals surface area contributed by atoms with Crippen LogP contribution in [0.5, 0.6) is 0 Å². The van der Waals surface area contributed by atoms with Crippen molar-refractivity contribution in [2.45, 2.75) is 225 Å². The number of esters is 2. The normalized spacial score (nSPS) is 12.6. The van der Waals surface area contributed by atoms with Gasteiger partial charge in [-0.2, -0.15) is 0 Å². The van der Waals surface area contributed by atoms with Crippen molar-refractivity contribution in [1.29, 1.82) is 0 Å². The number of hydrogen-bond donors (Lipinski definition) is 1. The molecule has 0 radical (unpaired) electrons. The van der Waals surface area contributed by atoms with Crippen molar-refractivity contribution in [3.63, 3.8) is 0 Å². The van der Waals surface area contributed by atoms with Gasteiger partial charge in [-0.15, -0.1) is 0 Å². The fourth-order valence-electron chi connectivity index (χ4n) is 6.21. The topological polar surface area (TPSA) is 72.8 Å². The molecule has 1 atom stereocenters. The third-order valence-corrected chi connectivity index (χ3v) is 9.60. The number of aliphatic hydroxyl groups excluding tert-OH is 1. The van der Waals surface area contributed by atoms with E-state index in [4.69, 9.17) is 9.47 Å². The summed E-state index contributed by atoms with van der Waals surface area (Å²) >= 11 is 0. The van der Waals surface area contributed by atoms with Crippen LogP contribution in [0.4, 0.5) is 0 Å². The highest BCUT2D eigenvalue weighted by molar-refractivity contribution is 5.70. The van der Waals surface area contributed by atoms with Crippen molar-refractivity contribution in [2.24, 2.45) is 0 Å². The molecule has 5 nitrogen and oxygen atoms in total. The Labute approximate surface area is 322 Å². The molecular formula is C47H84O5. The summed E-state index contributed by atoms with van der Waals surface area (Å²) in [7, 11) is 0. The van der Waals surface area contributed by atoms with E-state index in [1.165, 1.54) is 148 Å². The molecule has 0 amide bonds. The maximum absolute atomic E-state index is 12.2. The van der Waals surface area contributed by atoms with E-state index in [2.05, 4.69) is 62.5 Å². The van der Waals surface area contributed by atoms with Gasteiger partial charge in [0.15, 0.2) is 6.10 Å². The van der Waals surface area contributed by atoms with E-state index in [-0.39, 0.29) is 31.6 Å². The number of rotatable bonds is 40. The molecule has 52 heavy (non-hydrogen) atoms. The Bertz CT molecular complexity index is 873. The van der Waals surface area contributed by atoms with E-state index in [1.54, 1.807) is 0 Å². The Hall–Kier alpha value is -2.14. The zero-order chi connectivity index (χ0) is 37.8. The average molecular weight is 729 g/mol. The van der Waals surface area contributed by atoms with Gasteiger partial charge >= 0.3 is 11.9 Å². The highest BCUT2D eigenvalue weighted by atomic mass is 16.6. The lowest BCUT2D eigenvalue weighted by molar-refractivity contribution is -0.161. The van der Waals surface area contributed by atoms with Crippen LogP contribution in [0.1, 0.15) is 219 Å². The van der Waals surface area contributed by atoms with Gasteiger partial charge < -0.3 is 14.6 Å². The lowest BCUT2D eigenvalue weighted by Gasteiger charge is -2.15. The molecule has 0 bridgehead atoms. The number of ether oxygens (including phenoxy) is 2. The van der Waals surface area contributed by atoms with Crippen LogP contribution in [0, 0.1) is 0 Å². The fourth-order valence-corrected chi connectivity index (χ4v) is 6.21. The molecule has 0 aliphatic rings. The van der Waals surface area contributed by atoms with Crippen LogP contribution in [0.25, 0.3) is 0 Å². The average Bonchev–Trinajstić information content (AvgIpc) is 3.15. The summed E-state index contributed by atoms with van der Waals surface area (Å²) in [5, 5.41) is 9.57. The number of carbonyl (C=O) groups excluding carboxylic acids is 2. The lowest BCUT2D eigenvalue weighted by atomic mass is 10.0. The van der Waals surface area contributed by atoms with Gasteiger partial charge in [0.25, 0.3) is 0 Å². The van der Waals surface area contributed by atoms with Gasteiger partial charge in [0.1, 0.15) is 6.61 Å². The van der Waals surface area contributed by atoms with Crippen LogP contribution < -0.4 is 0 Å². The first kappa shape index (κ1) is 49.9. The van der Waals surface area contributed by atoms with E-state index in [9.17, 15) is 14.7 Å². The van der Waals surface area contributed by atoms with Gasteiger partial charge in [0, 0.05) is 12.8 Å². The number of carbonyl (C=O) groups is 2. The Kier molecular flexibility index (Phi) is 41.5. The summed E-state index contributed by atoms with van der Waals surface area (Å²) in [6.07, 6.45) is 54.7. The maximum atomic E-state index is 12.2. The smallest absolute Gasteiger partial charge is 0.306 e. The molecule has 0 rings (SSSR count). The van der Waals surface area contributed by atoms with Gasteiger partial charge in [-0.05, 0) is 70.6 Å². The Morgan fingerprint density at radius 1 is 0.442 bits per heavy atom. The molecule has 0 aliphatic carbocycles. The molecule has 0 unspecified atom stereocenters. The summed E-state index contributed by atoms with van der Waals surface area (Å²) in [4.78, 5) is 24.3. The first-order valence-corrected chi connectivity index (χ1v) is 22.2. The summed E-state index contributed by atoms with van der Waals surface area (Å²) in [6.45, 7) is 4.09. The number of allylic oxidation sites excluding steroid dienone is 8. The Balaban J connectivity index is 3.58. The standard InChI is InChI=1S/C47H84O5/c1-3-5-7-9-11-13-15-17-19-21-22-23-24-26-27-29-31-33-35-37-39-41-46(49)51-44-45(43-48)52-47(50)42-40-38-36-34-32-30-28-25-20-18-16-14-12-10-8-6-4-2/h17-20,28,30,34,36,45,48H,3-16,21-27,29,31-33,35,37-44H2,1-2H3/b19-17-,20-18-,30-28-,36-34-/t45-/m0/s1. The minimum absolute atomic E-state index is 0.0858. The van der Waals surface area contributed by atoms with Crippen LogP contribution in [0.15, 0.2) is 48.6 Å². The highest BCUT2D eigenvalue weighted by Gasteiger charge is 2.16. The SMILES string of the molecule is CCCCCCCC/C=C\C/C=C\C/C=C\CCCC(=O)O[C@@H](CO)COC(=O)CCCCCCCCCCCCC/C=C\CCCCCCCC. The molecule has 302 valence electrons. The zero-order valence-corrected chi connectivity index (χ0v) is 34.3. The Morgan fingerprint density at radius 2 is 0.788 bits per heavy atom. The summed E-state index contributed by atoms with van der Waals surface area (Å²) < 4.78 is 10.6. The van der Waals surface area contributed by atoms with E-state index in [1.807, 2.05) is 0 Å². The zero-order valence-electron chi connectivity index (χ0n) is 34.3. The van der Waals surface area contributed by atoms with E-state index in [0.29, 0.717) is 12.8 Å². The third kappa shape index (κ3) is 40.6. The molecule has 0 aliphatic heterocycles. The fraction of sp³-hybridized carbons (Fsp3) is 0.787. The molecule has 1 N–H and O–H groups in total. The molecular weight excluding hydrogens is 645 g/mol. The van der Waals surface area contributed by atoms with Gasteiger partial charge in [-0.3, -0.25) is 9.59 Å². The van der Waals surface area contributed by atoms with Crippen molar-refractivity contribution in [2.75, 3.05) is 13.2 Å². The van der Waals surface area contributed by atoms with Gasteiger partial charge in [-0.1, -0.05) is 184 Å². The summed E-state index contributed by atoms with van der Waals surface area (Å²) in [5.41, 5.74) is 0. The maximum Gasteiger partial charge on any atom is 0.306 e. The largest absolute Gasteiger partial charge is 0.462 e. The molecule has 0 aromatic carbocycles. The predicted octanol–water partition coefficient (Wildman–Crippen LogP) is 14.2. The minimum Gasteiger partial charge on any atom is -0.462 e. The second-order valence-corrected chi connectivity index (χ2v) is 14.8. The molecule has 0 fully saturated rings. The first-order chi connectivity index (χ1) is 25.6. The summed E-state index contributed by atoms with van der Waals surface area (Å²) in [6, 6.07) is 0. The van der Waals surface area contributed by atoms with Crippen molar-refractivity contribution in [1.82, 2.24) is 0 Å². The van der Waals surface area contributed by atoms with Crippen LogP contribution in [-0.2, 0) is 19.1 Å². The highest BCUT2D eigenvalue weighted by Crippen LogP contribution is 2.14. The first-order valence-electron chi connectivity index (χ1n) is 22.2. The minimum atomic E-state index is -0.798. The second kappa shape index (κ2) is 43.3. The summed E-state index contributed by atoms with van der Waals surface area (Å²) in [5.74, 6) is -0.649. The molecule has 0 spiro atoms. The van der Waals surface area contributed by atoms with E-state index >= 15 is 0 Å². The predicted molar refractivity (Wildman–Crippen MR) is 224 cm³/mol. The van der Waals surface area contributed by atoms with Crippen molar-refractivity contribution >= 4 is 11.9 Å². The molecule has 0 aromatic rings. The number of aliphatic hydroxyl groups is 1. The van der Waals surface area contributed by atoms with Crippen molar-refractivity contribution < 1.29 is 24.2 Å².